The van der Waals surface area contributed by atoms with Gasteiger partial charge < -0.3 is 86.2 Å². The van der Waals surface area contributed by atoms with E-state index in [0.717, 1.165) is 116 Å². The lowest BCUT2D eigenvalue weighted by Gasteiger charge is -2.21. The summed E-state index contributed by atoms with van der Waals surface area (Å²) in [6.45, 7) is 54.6. The average Bonchev–Trinajstić information content (AvgIpc) is 1.14. The van der Waals surface area contributed by atoms with Crippen molar-refractivity contribution in [2.75, 3.05) is 145 Å². The molecule has 2 N–H and O–H groups in total. The number of amides is 1. The number of aliphatic hydroxyl groups excluding tert-OH is 1. The van der Waals surface area contributed by atoms with Crippen LogP contribution in [0.5, 0.6) is 5.75 Å². The molecule has 12 atom stereocenters. The van der Waals surface area contributed by atoms with E-state index in [1.165, 1.54) is 29.5 Å². The fourth-order valence-electron chi connectivity index (χ4n) is 9.27. The number of esters is 4. The number of epoxide rings is 6. The minimum Gasteiger partial charge on any atom is -0.491 e. The van der Waals surface area contributed by atoms with E-state index in [-0.39, 0.29) is 210 Å². The first-order valence-corrected chi connectivity index (χ1v) is 42.7. The molecule has 3 aromatic rings. The van der Waals surface area contributed by atoms with Crippen LogP contribution in [0.15, 0.2) is 88.8 Å². The van der Waals surface area contributed by atoms with E-state index in [9.17, 15) is 29.1 Å². The summed E-state index contributed by atoms with van der Waals surface area (Å²) < 4.78 is 81.5. The normalized spacial score (nSPS) is 17.6. The number of carbonyl (C=O) groups excluding carboxylic acids is 5. The predicted molar refractivity (Wildman–Crippen MR) is 560 cm³/mol. The Morgan fingerprint density at radius 3 is 1.24 bits per heavy atom. The topological polar surface area (TPSA) is 310 Å². The maximum absolute atomic E-state index is 11.6. The number of carbonyl (C=O) groups is 5. The van der Waals surface area contributed by atoms with Crippen LogP contribution in [0.2, 0.25) is 0 Å². The minimum absolute atomic E-state index is 0. The third-order valence-electron chi connectivity index (χ3n) is 20.6. The van der Waals surface area contributed by atoms with Gasteiger partial charge >= 0.3 is 23.9 Å². The maximum atomic E-state index is 11.6. The molecule has 0 bridgehead atoms. The summed E-state index contributed by atoms with van der Waals surface area (Å²) in [7, 11) is 0. The lowest BCUT2D eigenvalue weighted by atomic mass is 9.89. The second-order valence-electron chi connectivity index (χ2n) is 32.0. The summed E-state index contributed by atoms with van der Waals surface area (Å²) in [6, 6.07) is 26.7. The number of aliphatic imine (C=N–C) groups is 2. The van der Waals surface area contributed by atoms with Gasteiger partial charge in [0.15, 0.2) is 11.8 Å². The molecule has 3 aromatic carbocycles. The molecule has 12 unspecified atom stereocenters. The molecule has 1 amide bonds. The molecule has 25 nitrogen and oxygen atoms in total. The molecule has 132 heavy (non-hydrogen) atoms. The third kappa shape index (κ3) is 73.6. The lowest BCUT2D eigenvalue weighted by molar-refractivity contribution is -0.158. The Morgan fingerprint density at radius 2 is 0.841 bits per heavy atom. The van der Waals surface area contributed by atoms with Crippen molar-refractivity contribution in [3.63, 3.8) is 0 Å². The van der Waals surface area contributed by atoms with Gasteiger partial charge in [-0.3, -0.25) is 29.2 Å². The maximum Gasteiger partial charge on any atom is 0.338 e. The van der Waals surface area contributed by atoms with Crippen molar-refractivity contribution in [2.45, 2.75) is 376 Å². The van der Waals surface area contributed by atoms with Crippen LogP contribution in [0.25, 0.3) is 0 Å². The van der Waals surface area contributed by atoms with E-state index in [2.05, 4.69) is 134 Å². The van der Waals surface area contributed by atoms with Crippen LogP contribution in [-0.4, -0.2) is 235 Å². The van der Waals surface area contributed by atoms with E-state index in [1.54, 1.807) is 6.92 Å². The van der Waals surface area contributed by atoms with E-state index >= 15 is 0 Å². The molecule has 6 saturated heterocycles. The molecule has 0 spiro atoms. The molecule has 8 heterocycles. The average molecular weight is 1890 g/mol. The molecule has 0 aromatic heterocycles. The number of nitrogens with one attached hydrogen (secondary N) is 1. The molecule has 0 saturated carbocycles. The van der Waals surface area contributed by atoms with Gasteiger partial charge in [0, 0.05) is 29.9 Å². The quantitative estimate of drug-likeness (QED) is 0.0231. The van der Waals surface area contributed by atoms with Gasteiger partial charge in [-0.25, -0.2) is 4.79 Å². The smallest absolute Gasteiger partial charge is 0.338 e. The van der Waals surface area contributed by atoms with Gasteiger partial charge in [-0.05, 0) is 131 Å². The Morgan fingerprint density at radius 1 is 0.432 bits per heavy atom. The largest absolute Gasteiger partial charge is 0.491 e. The number of hydrogen-bond acceptors (Lipinski definition) is 24. The Balaban J connectivity index is -0.0000000984. The number of benzene rings is 3. The van der Waals surface area contributed by atoms with Crippen LogP contribution >= 0.6 is 0 Å². The first-order chi connectivity index (χ1) is 55.4. The summed E-state index contributed by atoms with van der Waals surface area (Å²) in [4.78, 5) is 65.7. The van der Waals surface area contributed by atoms with Crippen molar-refractivity contribution in [1.82, 2.24) is 5.32 Å². The Hall–Kier alpha value is -6.65. The molecule has 25 heteroatoms. The zero-order valence-electron chi connectivity index (χ0n) is 74.3. The van der Waals surface area contributed by atoms with Crippen molar-refractivity contribution in [3.8, 4) is 5.75 Å². The summed E-state index contributed by atoms with van der Waals surface area (Å²) in [5, 5.41) is 12.4. The van der Waals surface area contributed by atoms with Crippen LogP contribution in [-0.2, 0) is 90.2 Å². The highest BCUT2D eigenvalue weighted by atomic mass is 16.6. The molecule has 6 fully saturated rings. The molecule has 788 valence electrons. The number of aliphatic hydroxyl groups is 1. The van der Waals surface area contributed by atoms with Gasteiger partial charge in [0.2, 0.25) is 5.91 Å². The zero-order valence-corrected chi connectivity index (χ0v) is 74.3. The van der Waals surface area contributed by atoms with E-state index in [0.29, 0.717) is 113 Å². The number of nitrogens with zero attached hydrogens (tertiary/aromatic N) is 2. The molecular formula is C107H213N3O22. The SMILES string of the molecule is C.C.C.C.C.C.C.C.C.C.C.C.C.C.C.C.CCC(C)(C)C(=O)NCCOCC1CO1.CCC(C)(C)C(=O)OCC(O)COCC1CO1.CCC(C)(C)C1=NCCO1.CCC(C)C(=O)OCCC(=O)OCC1CO1.CCC(C)C1=NCCO1.CCC(C)c1ccc(C(=O)OCC2CO2)cc1.CCC(C)c1ccc(OCC2CO2)cc1.CCC(C)c1ccccc1.CCOCC1CO1. The van der Waals surface area contributed by atoms with Gasteiger partial charge in [-0.15, -0.1) is 0 Å². The van der Waals surface area contributed by atoms with Crippen LogP contribution in [0.4, 0.5) is 0 Å². The summed E-state index contributed by atoms with van der Waals surface area (Å²) in [5.41, 5.74) is 4.07. The van der Waals surface area contributed by atoms with Crippen molar-refractivity contribution < 1.29 is 105 Å². The van der Waals surface area contributed by atoms with Gasteiger partial charge in [0.25, 0.3) is 0 Å². The highest BCUT2D eigenvalue weighted by molar-refractivity contribution is 5.89. The zero-order chi connectivity index (χ0) is 85.9. The Kier molecular flexibility index (Phi) is 105. The predicted octanol–water partition coefficient (Wildman–Crippen LogP) is 25.4. The summed E-state index contributed by atoms with van der Waals surface area (Å²) in [5.74, 6) is 4.03. The summed E-state index contributed by atoms with van der Waals surface area (Å²) in [6.07, 6.45) is 8.78. The van der Waals surface area contributed by atoms with E-state index < -0.39 is 11.5 Å². The number of hydrogen-bond donors (Lipinski definition) is 2. The first kappa shape index (κ1) is 156. The second-order valence-corrected chi connectivity index (χ2v) is 32.0. The fourth-order valence-corrected chi connectivity index (χ4v) is 9.27. The Labute approximate surface area is 813 Å². The van der Waals surface area contributed by atoms with Crippen LogP contribution in [0.3, 0.4) is 0 Å². The molecular weight excluding hydrogens is 1680 g/mol. The minimum atomic E-state index is -0.773. The van der Waals surface area contributed by atoms with Crippen molar-refractivity contribution in [2.24, 2.45) is 38.1 Å². The molecule has 8 aliphatic heterocycles. The van der Waals surface area contributed by atoms with Crippen LogP contribution in [0, 0.1) is 28.1 Å². The van der Waals surface area contributed by atoms with Crippen molar-refractivity contribution >= 4 is 41.6 Å². The van der Waals surface area contributed by atoms with Gasteiger partial charge in [-0.2, -0.15) is 0 Å². The molecule has 8 aliphatic rings. The highest BCUT2D eigenvalue weighted by Crippen LogP contribution is 2.27. The monoisotopic (exact) mass is 1890 g/mol. The Bertz CT molecular complexity index is 3190. The van der Waals surface area contributed by atoms with Gasteiger partial charge in [-0.1, -0.05) is 291 Å². The second kappa shape index (κ2) is 88.3. The van der Waals surface area contributed by atoms with Crippen molar-refractivity contribution in [1.29, 1.82) is 0 Å². The highest BCUT2D eigenvalue weighted by Gasteiger charge is 2.31. The first-order valence-electron chi connectivity index (χ1n) is 42.7. The van der Waals surface area contributed by atoms with Gasteiger partial charge in [0.05, 0.1) is 109 Å². The van der Waals surface area contributed by atoms with E-state index in [1.807, 2.05) is 91.8 Å². The van der Waals surface area contributed by atoms with Crippen LogP contribution < -0.4 is 10.1 Å². The standard InChI is InChI=1S/C14H18O3.C13H18O2.C12H22O5.C11H21NO3.C11H18O5.C10H14.C8H15NO.C7H13NO.C5H10O2.16CH4/c1-3-10(2)11-4-6-12(7-5-11)14(15)17-9-13-8-16-13;1-3-10(2)11-4-6-12(7-5-11)14-8-13-9-15-13;1-4-12(2,3)11(14)17-6-9(13)5-15-7-10-8-16-10;1-4-11(2,3)10(13)12-5-6-14-7-9-8-15-9;1-3-8(2)11(13)14-5-4-10(12)16-7-9-6-15-9;1-3-9(2)10-7-5-4-6-8-10;1-4-8(2,3)7-9-5-6-10-7;1-3-6(2)7-8-4-5-9-7;1-2-6-3-5-4-7-5;;;;;;;;;;;;;;;;/h4-7,10,13H,3,8-9H2,1-2H3;4-7,10,13H,3,8-9H2,1-2H3;9-10,13H,4-8H2,1-3H3;9H,4-8H2,1-3H3,(H,12,13);8-9H,3-7H2,1-2H3;4-9H,3H2,1-2H3;4-6H2,1-3H3;6H,3-5H2,1-2H3;5H,2-4H2,1H3;16*1H4. The molecule has 0 radical (unpaired) electrons. The van der Waals surface area contributed by atoms with E-state index in [4.69, 9.17) is 75.8 Å². The lowest BCUT2D eigenvalue weighted by Crippen LogP contribution is -2.38. The third-order valence-corrected chi connectivity index (χ3v) is 20.6. The number of rotatable bonds is 41. The summed E-state index contributed by atoms with van der Waals surface area (Å²) >= 11 is 0. The van der Waals surface area contributed by atoms with Crippen LogP contribution in [0.1, 0.15) is 360 Å². The molecule has 11 rings (SSSR count). The van der Waals surface area contributed by atoms with Gasteiger partial charge in [0.1, 0.15) is 94.7 Å². The molecule has 0 aliphatic carbocycles. The fraction of sp³-hybridized carbons (Fsp3) is 0.766. The van der Waals surface area contributed by atoms with Crippen molar-refractivity contribution in [3.05, 3.63) is 101 Å². The number of ether oxygens (including phenoxy) is 16.